The zero-order chi connectivity index (χ0) is 25.3. The second kappa shape index (κ2) is 12.7. The number of carbonyl (C=O) groups is 2. The second-order valence-corrected chi connectivity index (χ2v) is 8.74. The van der Waals surface area contributed by atoms with Crippen molar-refractivity contribution in [3.63, 3.8) is 0 Å². The number of aliphatic hydroxyl groups excluding tert-OH is 1. The van der Waals surface area contributed by atoms with Gasteiger partial charge in [0.25, 0.3) is 5.91 Å². The molecule has 2 atom stereocenters. The van der Waals surface area contributed by atoms with Crippen molar-refractivity contribution < 1.29 is 33.3 Å². The number of nitrogens with one attached hydrogen (secondary N) is 1. The number of aliphatic hydroxyl groups is 1. The van der Waals surface area contributed by atoms with Gasteiger partial charge in [-0.15, -0.1) is 0 Å². The fourth-order valence-corrected chi connectivity index (χ4v) is 4.39. The summed E-state index contributed by atoms with van der Waals surface area (Å²) in [6, 6.07) is 7.01. The molecule has 0 saturated carbocycles. The van der Waals surface area contributed by atoms with Gasteiger partial charge < -0.3 is 34.0 Å². The fraction of sp³-hybridized carbons (Fsp3) is 0.500. The molecule has 0 aliphatic carbocycles. The fourth-order valence-electron chi connectivity index (χ4n) is 4.39. The number of benzene rings is 1. The van der Waals surface area contributed by atoms with Gasteiger partial charge in [-0.2, -0.15) is 0 Å². The Bertz CT molecular complexity index is 1140. The summed E-state index contributed by atoms with van der Waals surface area (Å²) in [5.41, 5.74) is 0.741. The predicted molar refractivity (Wildman–Crippen MR) is 130 cm³/mol. The van der Waals surface area contributed by atoms with Crippen LogP contribution in [-0.4, -0.2) is 74.2 Å². The number of fused-ring (bicyclic) bond motifs is 1. The minimum atomic E-state index is -0.772. The number of hydrogen-bond donors (Lipinski definition) is 2. The van der Waals surface area contributed by atoms with Gasteiger partial charge in [0.15, 0.2) is 11.2 Å². The van der Waals surface area contributed by atoms with Gasteiger partial charge in [-0.25, -0.2) is 0 Å². The molecule has 4 rings (SSSR count). The van der Waals surface area contributed by atoms with Crippen LogP contribution < -0.4 is 10.7 Å². The van der Waals surface area contributed by atoms with Gasteiger partial charge in [-0.1, -0.05) is 12.1 Å². The maximum absolute atomic E-state index is 13.2. The molecule has 0 spiro atoms. The van der Waals surface area contributed by atoms with Gasteiger partial charge in [-0.05, 0) is 31.1 Å². The number of carbonyl (C=O) groups excluding carboxylic acids is 2. The number of amides is 2. The summed E-state index contributed by atoms with van der Waals surface area (Å²) in [5.74, 6) is -0.648. The summed E-state index contributed by atoms with van der Waals surface area (Å²) in [6.07, 6.45) is 4.70. The maximum atomic E-state index is 13.2. The van der Waals surface area contributed by atoms with E-state index in [4.69, 9.17) is 23.7 Å². The standard InChI is InChI=1S/C26H32N2O8/c29-11-12-33-13-14-34-24-16-18(20-17-35-21-6-2-1-5-19(21)25(20)31)15-22(36-24)26(32)27-8-4-10-28-9-3-7-23(28)30/h1-2,5-6,15,17-18,24,29H,3-4,7-14,16H2,(H,27,32)/t18-,24+/m1/s1. The lowest BCUT2D eigenvalue weighted by atomic mass is 9.93. The zero-order valence-corrected chi connectivity index (χ0v) is 20.1. The molecule has 0 unspecified atom stereocenters. The molecule has 2 amide bonds. The molecule has 0 radical (unpaired) electrons. The molecule has 3 heterocycles. The van der Waals surface area contributed by atoms with E-state index in [1.54, 1.807) is 35.2 Å². The highest BCUT2D eigenvalue weighted by atomic mass is 16.7. The first kappa shape index (κ1) is 25.9. The number of hydrogen-bond acceptors (Lipinski definition) is 8. The highest BCUT2D eigenvalue weighted by Gasteiger charge is 2.30. The minimum Gasteiger partial charge on any atom is -0.464 e. The van der Waals surface area contributed by atoms with E-state index in [1.165, 1.54) is 6.26 Å². The van der Waals surface area contributed by atoms with E-state index in [0.717, 1.165) is 13.0 Å². The number of ether oxygens (including phenoxy) is 3. The van der Waals surface area contributed by atoms with Gasteiger partial charge in [0.1, 0.15) is 5.58 Å². The lowest BCUT2D eigenvalue weighted by Gasteiger charge is -2.29. The average molecular weight is 501 g/mol. The van der Waals surface area contributed by atoms with Crippen LogP contribution in [0.2, 0.25) is 0 Å². The predicted octanol–water partition coefficient (Wildman–Crippen LogP) is 1.66. The van der Waals surface area contributed by atoms with Crippen LogP contribution in [0.4, 0.5) is 0 Å². The molecule has 1 aromatic carbocycles. The highest BCUT2D eigenvalue weighted by Crippen LogP contribution is 2.31. The van der Waals surface area contributed by atoms with E-state index in [1.807, 2.05) is 0 Å². The molecule has 2 aliphatic heterocycles. The third-order valence-electron chi connectivity index (χ3n) is 6.22. The number of allylic oxidation sites excluding steroid dienone is 1. The van der Waals surface area contributed by atoms with Gasteiger partial charge in [-0.3, -0.25) is 14.4 Å². The lowest BCUT2D eigenvalue weighted by molar-refractivity contribution is -0.151. The SMILES string of the molecule is O=C(NCCCN1CCCC1=O)C1=C[C@@H](c2coc3ccccc3c2=O)C[C@@H](OCCOCCO)O1. The lowest BCUT2D eigenvalue weighted by Crippen LogP contribution is -2.35. The van der Waals surface area contributed by atoms with Crippen LogP contribution in [0.1, 0.15) is 37.2 Å². The Morgan fingerprint density at radius 1 is 1.19 bits per heavy atom. The van der Waals surface area contributed by atoms with Crippen molar-refractivity contribution in [1.29, 1.82) is 0 Å². The number of nitrogens with zero attached hydrogens (tertiary/aromatic N) is 1. The van der Waals surface area contributed by atoms with Crippen molar-refractivity contribution in [2.75, 3.05) is 46.1 Å². The first-order valence-corrected chi connectivity index (χ1v) is 12.3. The van der Waals surface area contributed by atoms with Crippen LogP contribution in [0.25, 0.3) is 11.0 Å². The van der Waals surface area contributed by atoms with Crippen LogP contribution in [0.5, 0.6) is 0 Å². The van der Waals surface area contributed by atoms with E-state index in [0.29, 0.717) is 48.9 Å². The van der Waals surface area contributed by atoms with Crippen molar-refractivity contribution >= 4 is 22.8 Å². The molecule has 1 aromatic heterocycles. The van der Waals surface area contributed by atoms with Crippen molar-refractivity contribution in [1.82, 2.24) is 10.2 Å². The summed E-state index contributed by atoms with van der Waals surface area (Å²) in [5, 5.41) is 12.1. The summed E-state index contributed by atoms with van der Waals surface area (Å²) in [7, 11) is 0. The van der Waals surface area contributed by atoms with Crippen LogP contribution in [0.3, 0.4) is 0 Å². The normalized spacial score (nSPS) is 19.9. The van der Waals surface area contributed by atoms with Crippen molar-refractivity contribution in [3.8, 4) is 0 Å². The Kier molecular flexibility index (Phi) is 9.10. The Morgan fingerprint density at radius 2 is 2.06 bits per heavy atom. The molecular formula is C26H32N2O8. The first-order chi connectivity index (χ1) is 17.6. The van der Waals surface area contributed by atoms with Crippen LogP contribution in [0, 0.1) is 0 Å². The van der Waals surface area contributed by atoms with Gasteiger partial charge >= 0.3 is 0 Å². The molecule has 10 nitrogen and oxygen atoms in total. The minimum absolute atomic E-state index is 0.0670. The third kappa shape index (κ3) is 6.51. The number of rotatable bonds is 12. The Balaban J connectivity index is 1.44. The summed E-state index contributed by atoms with van der Waals surface area (Å²) >= 11 is 0. The largest absolute Gasteiger partial charge is 0.464 e. The van der Waals surface area contributed by atoms with Crippen molar-refractivity contribution in [2.24, 2.45) is 0 Å². The Morgan fingerprint density at radius 3 is 2.86 bits per heavy atom. The first-order valence-electron chi connectivity index (χ1n) is 12.3. The molecule has 194 valence electrons. The van der Waals surface area contributed by atoms with E-state index < -0.39 is 18.1 Å². The van der Waals surface area contributed by atoms with E-state index in [9.17, 15) is 14.4 Å². The number of likely N-dealkylation sites (tertiary alicyclic amines) is 1. The molecular weight excluding hydrogens is 468 g/mol. The molecule has 0 bridgehead atoms. The zero-order valence-electron chi connectivity index (χ0n) is 20.1. The van der Waals surface area contributed by atoms with Gasteiger partial charge in [0.2, 0.25) is 12.2 Å². The molecule has 36 heavy (non-hydrogen) atoms. The van der Waals surface area contributed by atoms with E-state index >= 15 is 0 Å². The Labute approximate surface area is 208 Å². The smallest absolute Gasteiger partial charge is 0.286 e. The number of para-hydroxylation sites is 1. The van der Waals surface area contributed by atoms with Crippen molar-refractivity contribution in [2.45, 2.75) is 37.9 Å². The molecule has 1 fully saturated rings. The third-order valence-corrected chi connectivity index (χ3v) is 6.22. The van der Waals surface area contributed by atoms with Crippen LogP contribution in [-0.2, 0) is 23.8 Å². The molecule has 2 N–H and O–H groups in total. The van der Waals surface area contributed by atoms with E-state index in [2.05, 4.69) is 5.32 Å². The summed E-state index contributed by atoms with van der Waals surface area (Å²) in [6.45, 7) is 2.31. The second-order valence-electron chi connectivity index (χ2n) is 8.74. The molecule has 1 saturated heterocycles. The summed E-state index contributed by atoms with van der Waals surface area (Å²) in [4.78, 5) is 39.6. The molecule has 10 heteroatoms. The van der Waals surface area contributed by atoms with E-state index in [-0.39, 0.29) is 43.5 Å². The highest BCUT2D eigenvalue weighted by molar-refractivity contribution is 5.91. The quantitative estimate of drug-likeness (QED) is 0.421. The topological polar surface area (TPSA) is 128 Å². The summed E-state index contributed by atoms with van der Waals surface area (Å²) < 4.78 is 22.5. The maximum Gasteiger partial charge on any atom is 0.286 e. The molecule has 2 aromatic rings. The Hall–Kier alpha value is -3.21. The molecule has 2 aliphatic rings. The van der Waals surface area contributed by atoms with Crippen LogP contribution >= 0.6 is 0 Å². The average Bonchev–Trinajstić information content (AvgIpc) is 3.31. The van der Waals surface area contributed by atoms with Crippen molar-refractivity contribution in [3.05, 3.63) is 58.2 Å². The van der Waals surface area contributed by atoms with Gasteiger partial charge in [0.05, 0.1) is 38.1 Å². The monoisotopic (exact) mass is 500 g/mol. The van der Waals surface area contributed by atoms with Gasteiger partial charge in [0, 0.05) is 44.0 Å². The van der Waals surface area contributed by atoms with Crippen LogP contribution in [0.15, 0.2) is 51.6 Å².